The molecule has 3 aliphatic heterocycles. The van der Waals surface area contributed by atoms with Crippen LogP contribution < -0.4 is 5.32 Å². The predicted octanol–water partition coefficient (Wildman–Crippen LogP) is 6.60. The minimum absolute atomic E-state index is 0.232. The maximum absolute atomic E-state index is 13.3. The molecule has 19 nitrogen and oxygen atoms in total. The Balaban J connectivity index is 1.38. The Kier molecular flexibility index (Phi) is 41.6. The molecule has 3 heterocycles. The number of amides is 1. The van der Waals surface area contributed by atoms with Gasteiger partial charge in [-0.15, -0.1) is 0 Å². The first kappa shape index (κ1) is 74.5. The average Bonchev–Trinajstić information content (AvgIpc) is 3.25. The summed E-state index contributed by atoms with van der Waals surface area (Å²) in [5, 5.41) is 120. The summed E-state index contributed by atoms with van der Waals surface area (Å²) in [5.74, 6) is -0.291. The molecule has 0 aromatic heterocycles. The molecule has 17 unspecified atom stereocenters. The zero-order valence-electron chi connectivity index (χ0n) is 50.1. The quantitative estimate of drug-likeness (QED) is 0.0226. The van der Waals surface area contributed by atoms with Crippen LogP contribution in [0.1, 0.15) is 194 Å². The Hall–Kier alpha value is -2.77. The van der Waals surface area contributed by atoms with Crippen molar-refractivity contribution in [1.82, 2.24) is 5.32 Å². The molecular weight excluding hydrogens is 1070 g/mol. The van der Waals surface area contributed by atoms with Crippen LogP contribution in [0.4, 0.5) is 0 Å². The van der Waals surface area contributed by atoms with E-state index >= 15 is 0 Å². The van der Waals surface area contributed by atoms with Crippen LogP contribution in [0.15, 0.2) is 72.9 Å². The largest absolute Gasteiger partial charge is 0.394 e. The molecule has 0 radical (unpaired) electrons. The van der Waals surface area contributed by atoms with Crippen LogP contribution in [0.25, 0.3) is 0 Å². The number of aliphatic hydroxyl groups is 11. The lowest BCUT2D eigenvalue weighted by atomic mass is 9.96. The van der Waals surface area contributed by atoms with Crippen molar-refractivity contribution in [3.8, 4) is 0 Å². The second kappa shape index (κ2) is 46.4. The van der Waals surface area contributed by atoms with E-state index in [2.05, 4.69) is 79.9 Å². The number of hydrogen-bond acceptors (Lipinski definition) is 18. The summed E-state index contributed by atoms with van der Waals surface area (Å²) in [7, 11) is 0. The number of ether oxygens (including phenoxy) is 6. The number of carbonyl (C=O) groups excluding carboxylic acids is 1. The molecule has 480 valence electrons. The van der Waals surface area contributed by atoms with Gasteiger partial charge in [0.25, 0.3) is 0 Å². The summed E-state index contributed by atoms with van der Waals surface area (Å²) < 4.78 is 34.2. The number of hydrogen-bond donors (Lipinski definition) is 12. The molecule has 17 atom stereocenters. The van der Waals surface area contributed by atoms with Gasteiger partial charge in [0.15, 0.2) is 18.9 Å². The number of allylic oxidation sites excluding steroid dienone is 11. The summed E-state index contributed by atoms with van der Waals surface area (Å²) in [5.41, 5.74) is 0. The van der Waals surface area contributed by atoms with Crippen molar-refractivity contribution in [3.63, 3.8) is 0 Å². The molecule has 83 heavy (non-hydrogen) atoms. The molecule has 3 rings (SSSR count). The average molecular weight is 1180 g/mol. The Morgan fingerprint density at radius 2 is 0.843 bits per heavy atom. The van der Waals surface area contributed by atoms with Gasteiger partial charge >= 0.3 is 0 Å². The van der Waals surface area contributed by atoms with E-state index in [4.69, 9.17) is 28.4 Å². The minimum Gasteiger partial charge on any atom is -0.394 e. The third kappa shape index (κ3) is 29.7. The van der Waals surface area contributed by atoms with E-state index in [1.165, 1.54) is 89.9 Å². The smallest absolute Gasteiger partial charge is 0.220 e. The third-order valence-corrected chi connectivity index (χ3v) is 15.5. The van der Waals surface area contributed by atoms with Gasteiger partial charge in [0, 0.05) is 6.42 Å². The second-order valence-electron chi connectivity index (χ2n) is 22.5. The zero-order chi connectivity index (χ0) is 60.5. The Bertz CT molecular complexity index is 1790. The molecule has 0 aromatic carbocycles. The first-order chi connectivity index (χ1) is 40.3. The van der Waals surface area contributed by atoms with Crippen LogP contribution in [-0.4, -0.2) is 193 Å². The fraction of sp³-hybridized carbons (Fsp3) is 0.797. The molecule has 0 spiro atoms. The molecule has 0 aromatic rings. The first-order valence-corrected chi connectivity index (χ1v) is 31.7. The molecule has 12 N–H and O–H groups in total. The van der Waals surface area contributed by atoms with Crippen molar-refractivity contribution in [1.29, 1.82) is 0 Å². The van der Waals surface area contributed by atoms with E-state index < -0.39 is 124 Å². The summed E-state index contributed by atoms with van der Waals surface area (Å²) in [4.78, 5) is 13.3. The first-order valence-electron chi connectivity index (χ1n) is 31.7. The van der Waals surface area contributed by atoms with Crippen LogP contribution in [0, 0.1) is 0 Å². The third-order valence-electron chi connectivity index (χ3n) is 15.5. The molecule has 0 bridgehead atoms. The number of rotatable bonds is 46. The maximum atomic E-state index is 13.3. The maximum Gasteiger partial charge on any atom is 0.220 e. The van der Waals surface area contributed by atoms with Crippen LogP contribution in [0.3, 0.4) is 0 Å². The van der Waals surface area contributed by atoms with Gasteiger partial charge in [-0.05, 0) is 70.6 Å². The summed E-state index contributed by atoms with van der Waals surface area (Å²) in [6.45, 7) is 1.52. The Morgan fingerprint density at radius 3 is 1.35 bits per heavy atom. The van der Waals surface area contributed by atoms with E-state index in [9.17, 15) is 61.0 Å². The highest BCUT2D eigenvalue weighted by atomic mass is 16.8. The van der Waals surface area contributed by atoms with Gasteiger partial charge in [0.2, 0.25) is 5.91 Å². The van der Waals surface area contributed by atoms with Gasteiger partial charge in [0.1, 0.15) is 73.2 Å². The summed E-state index contributed by atoms with van der Waals surface area (Å²) >= 11 is 0. The van der Waals surface area contributed by atoms with Gasteiger partial charge in [-0.25, -0.2) is 0 Å². The highest BCUT2D eigenvalue weighted by Gasteiger charge is 2.53. The molecule has 1 amide bonds. The van der Waals surface area contributed by atoms with Gasteiger partial charge in [-0.3, -0.25) is 4.79 Å². The molecular formula is C64H111NO18. The standard InChI is InChI=1S/C64H111NO18/c1-3-5-7-9-11-13-14-15-16-17-18-19-20-21-22-23-24-25-26-27-28-29-30-31-32-34-36-38-40-42-52(70)65-47(48(69)41-39-37-35-33-12-10-8-6-4-2)46-78-62-58(76)55(73)60(50(44-67)80-62)83-64-59(77)56(74)61(51(45-68)81-64)82-63-57(75)54(72)53(71)49(43-66)79-63/h5,7,11-13,15-16,18-19,33,39,41,47-51,53-64,66-69,71-77H,3-4,6,8-10,14,17,20-32,34-38,40,42-46H2,1-2H3,(H,65,70)/b7-5-,13-11-,16-15-,19-18-,33-12+,41-39+. The predicted molar refractivity (Wildman–Crippen MR) is 318 cm³/mol. The van der Waals surface area contributed by atoms with Crippen molar-refractivity contribution in [3.05, 3.63) is 72.9 Å². The van der Waals surface area contributed by atoms with E-state index in [1.54, 1.807) is 6.08 Å². The van der Waals surface area contributed by atoms with Crippen LogP contribution in [0.2, 0.25) is 0 Å². The van der Waals surface area contributed by atoms with E-state index in [1.807, 2.05) is 6.08 Å². The van der Waals surface area contributed by atoms with Gasteiger partial charge < -0.3 is 89.9 Å². The lowest BCUT2D eigenvalue weighted by molar-refractivity contribution is -0.379. The monoisotopic (exact) mass is 1180 g/mol. The fourth-order valence-electron chi connectivity index (χ4n) is 10.3. The van der Waals surface area contributed by atoms with Crippen molar-refractivity contribution in [2.24, 2.45) is 0 Å². The molecule has 3 aliphatic rings. The minimum atomic E-state index is -1.98. The summed E-state index contributed by atoms with van der Waals surface area (Å²) in [6, 6.07) is -0.990. The van der Waals surface area contributed by atoms with Crippen molar-refractivity contribution in [2.75, 3.05) is 26.4 Å². The second-order valence-corrected chi connectivity index (χ2v) is 22.5. The van der Waals surface area contributed by atoms with Gasteiger partial charge in [-0.2, -0.15) is 0 Å². The Labute approximate surface area is 496 Å². The van der Waals surface area contributed by atoms with E-state index in [0.717, 1.165) is 70.6 Å². The van der Waals surface area contributed by atoms with E-state index in [-0.39, 0.29) is 18.9 Å². The number of nitrogens with one attached hydrogen (secondary N) is 1. The lowest BCUT2D eigenvalue weighted by Gasteiger charge is -2.48. The SMILES string of the molecule is CC/C=C\C/C=C\C/C=C\C/C=C\CCCCCCCCCCCCCCCCCCC(=O)NC(COC1OC(CO)C(OC2OC(CO)C(OC3OC(CO)C(O)C(O)C3O)C(O)C2O)C(O)C1O)C(O)/C=C/CC/C=C/CCCCC. The molecule has 0 aliphatic carbocycles. The fourth-order valence-corrected chi connectivity index (χ4v) is 10.3. The normalized spacial score (nSPS) is 29.9. The molecule has 3 saturated heterocycles. The topological polar surface area (TPSA) is 307 Å². The zero-order valence-corrected chi connectivity index (χ0v) is 50.1. The number of unbranched alkanes of at least 4 members (excludes halogenated alkanes) is 20. The van der Waals surface area contributed by atoms with Crippen LogP contribution in [-0.2, 0) is 33.2 Å². The number of carbonyl (C=O) groups is 1. The van der Waals surface area contributed by atoms with Crippen molar-refractivity contribution >= 4 is 5.91 Å². The molecule has 19 heteroatoms. The molecule has 0 saturated carbocycles. The van der Waals surface area contributed by atoms with E-state index in [0.29, 0.717) is 12.8 Å². The van der Waals surface area contributed by atoms with Gasteiger partial charge in [-0.1, -0.05) is 189 Å². The lowest BCUT2D eigenvalue weighted by Crippen LogP contribution is -2.66. The highest BCUT2D eigenvalue weighted by molar-refractivity contribution is 5.76. The number of aliphatic hydroxyl groups excluding tert-OH is 11. The highest BCUT2D eigenvalue weighted by Crippen LogP contribution is 2.33. The molecule has 3 fully saturated rings. The van der Waals surface area contributed by atoms with Gasteiger partial charge in [0.05, 0.1) is 38.6 Å². The summed E-state index contributed by atoms with van der Waals surface area (Å²) in [6.07, 6.45) is 29.2. The Morgan fingerprint density at radius 1 is 0.446 bits per heavy atom. The van der Waals surface area contributed by atoms with Crippen LogP contribution >= 0.6 is 0 Å². The van der Waals surface area contributed by atoms with Crippen molar-refractivity contribution < 1.29 is 89.4 Å². The van der Waals surface area contributed by atoms with Crippen molar-refractivity contribution in [2.45, 2.75) is 298 Å². The van der Waals surface area contributed by atoms with Crippen LogP contribution in [0.5, 0.6) is 0 Å².